The molecule has 0 saturated heterocycles. The second kappa shape index (κ2) is 3.78. The van der Waals surface area contributed by atoms with Crippen molar-refractivity contribution in [2.45, 2.75) is 20.5 Å². The zero-order chi connectivity index (χ0) is 10.8. The van der Waals surface area contributed by atoms with E-state index >= 15 is 0 Å². The van der Waals surface area contributed by atoms with Gasteiger partial charge in [0.1, 0.15) is 0 Å². The Labute approximate surface area is 86.8 Å². The van der Waals surface area contributed by atoms with E-state index in [1.807, 2.05) is 19.1 Å². The van der Waals surface area contributed by atoms with Crippen molar-refractivity contribution in [3.8, 4) is 11.5 Å². The molecule has 0 unspecified atom stereocenters. The van der Waals surface area contributed by atoms with E-state index < -0.39 is 0 Å². The smallest absolute Gasteiger partial charge is 0.259 e. The van der Waals surface area contributed by atoms with Crippen LogP contribution in [0.4, 0.5) is 0 Å². The lowest BCUT2D eigenvalue weighted by atomic mass is 10.2. The Morgan fingerprint density at radius 1 is 1.27 bits per heavy atom. The highest BCUT2D eigenvalue weighted by Gasteiger charge is 2.12. The van der Waals surface area contributed by atoms with Crippen LogP contribution in [-0.4, -0.2) is 20.2 Å². The second-order valence-electron chi connectivity index (χ2n) is 3.25. The van der Waals surface area contributed by atoms with Crippen LogP contribution < -0.4 is 0 Å². The van der Waals surface area contributed by atoms with Gasteiger partial charge in [0.15, 0.2) is 5.82 Å². The number of aryl methyl sites for hydroxylation is 2. The highest BCUT2D eigenvalue weighted by molar-refractivity contribution is 5.56. The van der Waals surface area contributed by atoms with Crippen LogP contribution in [0.3, 0.4) is 0 Å². The molecule has 0 atom stereocenters. The lowest BCUT2D eigenvalue weighted by Crippen LogP contribution is -1.96. The third-order valence-corrected chi connectivity index (χ3v) is 2.02. The lowest BCUT2D eigenvalue weighted by Gasteiger charge is -2.02. The molecule has 0 aliphatic rings. The summed E-state index contributed by atoms with van der Waals surface area (Å²) < 4.78 is 5.02. The molecular weight excluding hydrogens is 194 g/mol. The first-order chi connectivity index (χ1) is 7.20. The van der Waals surface area contributed by atoms with E-state index in [9.17, 15) is 0 Å². The molecule has 0 amide bonds. The highest BCUT2D eigenvalue weighted by Crippen LogP contribution is 2.20. The monoisotopic (exact) mass is 205 g/mol. The fourth-order valence-corrected chi connectivity index (χ4v) is 1.33. The molecule has 2 heterocycles. The van der Waals surface area contributed by atoms with Gasteiger partial charge < -0.3 is 9.63 Å². The molecule has 15 heavy (non-hydrogen) atoms. The van der Waals surface area contributed by atoms with Gasteiger partial charge in [-0.3, -0.25) is 4.98 Å². The Kier molecular flexibility index (Phi) is 2.47. The maximum atomic E-state index is 9.16. The van der Waals surface area contributed by atoms with Crippen LogP contribution in [-0.2, 0) is 6.61 Å². The minimum absolute atomic E-state index is 0.140. The Morgan fingerprint density at radius 2 is 2.07 bits per heavy atom. The van der Waals surface area contributed by atoms with Crippen LogP contribution in [0.25, 0.3) is 11.5 Å². The first-order valence-electron chi connectivity index (χ1n) is 4.59. The van der Waals surface area contributed by atoms with Crippen LogP contribution in [0.5, 0.6) is 0 Å². The van der Waals surface area contributed by atoms with Gasteiger partial charge >= 0.3 is 0 Å². The Morgan fingerprint density at radius 3 is 2.67 bits per heavy atom. The van der Waals surface area contributed by atoms with Gasteiger partial charge in [-0.2, -0.15) is 4.98 Å². The molecule has 0 fully saturated rings. The predicted octanol–water partition coefficient (Wildman–Crippen LogP) is 1.24. The topological polar surface area (TPSA) is 72.0 Å². The number of rotatable bonds is 2. The SMILES string of the molecule is Cc1ccc(-c2nc(C)no2)c(CO)n1. The van der Waals surface area contributed by atoms with Gasteiger partial charge in [-0.1, -0.05) is 5.16 Å². The van der Waals surface area contributed by atoms with Gasteiger partial charge in [0.2, 0.25) is 0 Å². The van der Waals surface area contributed by atoms with Crippen LogP contribution in [0, 0.1) is 13.8 Å². The van der Waals surface area contributed by atoms with E-state index in [1.165, 1.54) is 0 Å². The van der Waals surface area contributed by atoms with Gasteiger partial charge in [0.25, 0.3) is 5.89 Å². The summed E-state index contributed by atoms with van der Waals surface area (Å²) in [4.78, 5) is 8.29. The van der Waals surface area contributed by atoms with Gasteiger partial charge in [-0.25, -0.2) is 0 Å². The number of aliphatic hydroxyl groups is 1. The molecule has 1 N–H and O–H groups in total. The molecule has 78 valence electrons. The van der Waals surface area contributed by atoms with Crippen LogP contribution >= 0.6 is 0 Å². The Bertz CT molecular complexity index is 479. The molecule has 2 aromatic heterocycles. The molecule has 0 aromatic carbocycles. The second-order valence-corrected chi connectivity index (χ2v) is 3.25. The van der Waals surface area contributed by atoms with E-state index in [4.69, 9.17) is 9.63 Å². The maximum Gasteiger partial charge on any atom is 0.259 e. The standard InChI is InChI=1S/C10H11N3O2/c1-6-3-4-8(9(5-14)11-6)10-12-7(2)13-15-10/h3-4,14H,5H2,1-2H3. The molecule has 5 nitrogen and oxygen atoms in total. The molecule has 0 bridgehead atoms. The molecular formula is C10H11N3O2. The van der Waals surface area contributed by atoms with Gasteiger partial charge in [0.05, 0.1) is 17.9 Å². The number of nitrogens with zero attached hydrogens (tertiary/aromatic N) is 3. The molecule has 2 aromatic rings. The van der Waals surface area contributed by atoms with Gasteiger partial charge in [-0.15, -0.1) is 0 Å². The van der Waals surface area contributed by atoms with E-state index in [0.717, 1.165) is 5.69 Å². The molecule has 0 saturated carbocycles. The average molecular weight is 205 g/mol. The van der Waals surface area contributed by atoms with E-state index in [0.29, 0.717) is 23.0 Å². The summed E-state index contributed by atoms with van der Waals surface area (Å²) in [5.74, 6) is 0.957. The van der Waals surface area contributed by atoms with E-state index in [-0.39, 0.29) is 6.61 Å². The number of hydrogen-bond donors (Lipinski definition) is 1. The van der Waals surface area contributed by atoms with Crippen LogP contribution in [0.15, 0.2) is 16.7 Å². The van der Waals surface area contributed by atoms with Crippen molar-refractivity contribution in [3.05, 3.63) is 29.3 Å². The molecule has 5 heteroatoms. The van der Waals surface area contributed by atoms with Crippen molar-refractivity contribution in [1.82, 2.24) is 15.1 Å². The summed E-state index contributed by atoms with van der Waals surface area (Å²) in [7, 11) is 0. The highest BCUT2D eigenvalue weighted by atomic mass is 16.5. The Hall–Kier alpha value is -1.75. The first-order valence-corrected chi connectivity index (χ1v) is 4.59. The number of hydrogen-bond acceptors (Lipinski definition) is 5. The fraction of sp³-hybridized carbons (Fsp3) is 0.300. The Balaban J connectivity index is 2.52. The molecule has 0 aliphatic carbocycles. The minimum Gasteiger partial charge on any atom is -0.390 e. The molecule has 0 aliphatic heterocycles. The van der Waals surface area contributed by atoms with Crippen LogP contribution in [0.1, 0.15) is 17.2 Å². The number of aliphatic hydroxyl groups excluding tert-OH is 1. The predicted molar refractivity (Wildman–Crippen MR) is 52.9 cm³/mol. The minimum atomic E-state index is -0.140. The van der Waals surface area contributed by atoms with E-state index in [2.05, 4.69) is 15.1 Å². The quantitative estimate of drug-likeness (QED) is 0.798. The summed E-state index contributed by atoms with van der Waals surface area (Å²) in [6.45, 7) is 3.47. The largest absolute Gasteiger partial charge is 0.390 e. The summed E-state index contributed by atoms with van der Waals surface area (Å²) in [5, 5.41) is 12.9. The summed E-state index contributed by atoms with van der Waals surface area (Å²) in [5.41, 5.74) is 2.08. The zero-order valence-electron chi connectivity index (χ0n) is 8.56. The summed E-state index contributed by atoms with van der Waals surface area (Å²) in [6, 6.07) is 3.66. The summed E-state index contributed by atoms with van der Waals surface area (Å²) >= 11 is 0. The van der Waals surface area contributed by atoms with Crippen molar-refractivity contribution >= 4 is 0 Å². The zero-order valence-corrected chi connectivity index (χ0v) is 8.56. The summed E-state index contributed by atoms with van der Waals surface area (Å²) in [6.07, 6.45) is 0. The average Bonchev–Trinajstić information content (AvgIpc) is 2.64. The van der Waals surface area contributed by atoms with Gasteiger partial charge in [-0.05, 0) is 26.0 Å². The van der Waals surface area contributed by atoms with Crippen molar-refractivity contribution in [1.29, 1.82) is 0 Å². The molecule has 0 radical (unpaired) electrons. The molecule has 0 spiro atoms. The maximum absolute atomic E-state index is 9.16. The number of aromatic nitrogens is 3. The third kappa shape index (κ3) is 1.87. The van der Waals surface area contributed by atoms with Crippen molar-refractivity contribution in [2.75, 3.05) is 0 Å². The number of pyridine rings is 1. The van der Waals surface area contributed by atoms with Crippen molar-refractivity contribution < 1.29 is 9.63 Å². The van der Waals surface area contributed by atoms with Gasteiger partial charge in [0, 0.05) is 5.69 Å². The van der Waals surface area contributed by atoms with E-state index in [1.54, 1.807) is 6.92 Å². The van der Waals surface area contributed by atoms with Crippen LogP contribution in [0.2, 0.25) is 0 Å². The lowest BCUT2D eigenvalue weighted by molar-refractivity contribution is 0.276. The van der Waals surface area contributed by atoms with Crippen molar-refractivity contribution in [2.24, 2.45) is 0 Å². The fourth-order valence-electron chi connectivity index (χ4n) is 1.33. The first kappa shape index (κ1) is 9.79. The third-order valence-electron chi connectivity index (χ3n) is 2.02. The van der Waals surface area contributed by atoms with Crippen molar-refractivity contribution in [3.63, 3.8) is 0 Å². The molecule has 2 rings (SSSR count). The normalized spacial score (nSPS) is 10.6.